The van der Waals surface area contributed by atoms with E-state index in [1.54, 1.807) is 0 Å². The van der Waals surface area contributed by atoms with Crippen LogP contribution >= 0.6 is 0 Å². The average molecular weight is 219 g/mol. The first-order valence-electron chi connectivity index (χ1n) is 5.50. The molecular weight excluding hydrogens is 200 g/mol. The number of hydrogen-bond donors (Lipinski definition) is 1. The molecule has 1 atom stereocenters. The summed E-state index contributed by atoms with van der Waals surface area (Å²) in [5, 5.41) is 3.23. The third kappa shape index (κ3) is 6.57. The summed E-state index contributed by atoms with van der Waals surface area (Å²) >= 11 is 0. The van der Waals surface area contributed by atoms with Crippen molar-refractivity contribution in [3.8, 4) is 0 Å². The van der Waals surface area contributed by atoms with Gasteiger partial charge in [-0.1, -0.05) is 12.2 Å². The van der Waals surface area contributed by atoms with Crippen LogP contribution < -0.4 is 5.32 Å². The van der Waals surface area contributed by atoms with E-state index in [4.69, 9.17) is 4.74 Å². The molecule has 0 aromatic rings. The molecule has 1 N–H and O–H groups in total. The van der Waals surface area contributed by atoms with Crippen LogP contribution in [0.5, 0.6) is 0 Å². The van der Waals surface area contributed by atoms with E-state index < -0.39 is 13.0 Å². The summed E-state index contributed by atoms with van der Waals surface area (Å²) in [7, 11) is 0. The topological polar surface area (TPSA) is 21.3 Å². The monoisotopic (exact) mass is 219 g/mol. The molecule has 0 aromatic heterocycles. The lowest BCUT2D eigenvalue weighted by Gasteiger charge is -2.18. The van der Waals surface area contributed by atoms with Gasteiger partial charge in [-0.05, 0) is 31.7 Å². The molecule has 0 amide bonds. The molecule has 0 spiro atoms. The van der Waals surface area contributed by atoms with Crippen molar-refractivity contribution in [2.45, 2.75) is 25.7 Å². The Morgan fingerprint density at radius 3 is 2.93 bits per heavy atom. The highest BCUT2D eigenvalue weighted by molar-refractivity contribution is 4.90. The number of hydrogen-bond acceptors (Lipinski definition) is 2. The summed E-state index contributed by atoms with van der Waals surface area (Å²) in [6, 6.07) is 0. The van der Waals surface area contributed by atoms with Crippen molar-refractivity contribution >= 4 is 0 Å². The van der Waals surface area contributed by atoms with Gasteiger partial charge in [0.2, 0.25) is 0 Å². The van der Waals surface area contributed by atoms with Crippen molar-refractivity contribution < 1.29 is 13.5 Å². The van der Waals surface area contributed by atoms with Gasteiger partial charge in [0, 0.05) is 6.54 Å². The lowest BCUT2D eigenvalue weighted by Crippen LogP contribution is -2.27. The van der Waals surface area contributed by atoms with Gasteiger partial charge in [0.1, 0.15) is 6.61 Å². The highest BCUT2D eigenvalue weighted by atomic mass is 19.3. The van der Waals surface area contributed by atoms with Crippen LogP contribution in [0.3, 0.4) is 0 Å². The second kappa shape index (κ2) is 7.77. The fraction of sp³-hybridized carbons (Fsp3) is 0.818. The molecule has 4 heteroatoms. The fourth-order valence-electron chi connectivity index (χ4n) is 1.66. The Morgan fingerprint density at radius 1 is 1.40 bits per heavy atom. The summed E-state index contributed by atoms with van der Waals surface area (Å²) in [6.07, 6.45) is 5.58. The van der Waals surface area contributed by atoms with Gasteiger partial charge in [-0.25, -0.2) is 8.78 Å². The van der Waals surface area contributed by atoms with Crippen molar-refractivity contribution in [3.63, 3.8) is 0 Å². The molecule has 0 saturated heterocycles. The Hall–Kier alpha value is -0.480. The smallest absolute Gasteiger partial charge is 0.261 e. The second-order valence-electron chi connectivity index (χ2n) is 3.82. The average Bonchev–Trinajstić information content (AvgIpc) is 2.24. The van der Waals surface area contributed by atoms with Crippen molar-refractivity contribution in [2.75, 3.05) is 26.3 Å². The van der Waals surface area contributed by atoms with Crippen LogP contribution in [0.15, 0.2) is 12.2 Å². The highest BCUT2D eigenvalue weighted by Crippen LogP contribution is 2.16. The molecule has 88 valence electrons. The summed E-state index contributed by atoms with van der Waals surface area (Å²) in [4.78, 5) is 0. The van der Waals surface area contributed by atoms with E-state index in [1.807, 2.05) is 0 Å². The molecule has 0 saturated carbocycles. The van der Waals surface area contributed by atoms with Gasteiger partial charge >= 0.3 is 0 Å². The van der Waals surface area contributed by atoms with Crippen molar-refractivity contribution in [2.24, 2.45) is 5.92 Å². The first-order chi connectivity index (χ1) is 7.29. The van der Waals surface area contributed by atoms with Gasteiger partial charge in [-0.3, -0.25) is 0 Å². The Kier molecular flexibility index (Phi) is 6.52. The number of halogens is 2. The Labute approximate surface area is 89.7 Å². The summed E-state index contributed by atoms with van der Waals surface area (Å²) in [5.74, 6) is 0.699. The lowest BCUT2D eigenvalue weighted by atomic mass is 9.94. The molecule has 15 heavy (non-hydrogen) atoms. The molecule has 0 aromatic carbocycles. The molecule has 0 heterocycles. The quantitative estimate of drug-likeness (QED) is 0.523. The van der Waals surface area contributed by atoms with Crippen LogP contribution in [-0.4, -0.2) is 32.7 Å². The molecule has 2 nitrogen and oxygen atoms in total. The van der Waals surface area contributed by atoms with Crippen LogP contribution in [0.25, 0.3) is 0 Å². The van der Waals surface area contributed by atoms with Gasteiger partial charge < -0.3 is 10.1 Å². The Bertz CT molecular complexity index is 185. The maximum Gasteiger partial charge on any atom is 0.261 e. The van der Waals surface area contributed by atoms with E-state index in [2.05, 4.69) is 17.5 Å². The predicted octanol–water partition coefficient (Wildman–Crippen LogP) is 2.21. The number of alkyl halides is 2. The standard InChI is InChI=1S/C11H19F2NO/c12-11(13)9-15-7-6-14-8-10-4-2-1-3-5-10/h1-2,10-11,14H,3-9H2. The van der Waals surface area contributed by atoms with Crippen molar-refractivity contribution in [1.29, 1.82) is 0 Å². The highest BCUT2D eigenvalue weighted by Gasteiger charge is 2.08. The molecule has 1 aliphatic rings. The van der Waals surface area contributed by atoms with Gasteiger partial charge in [-0.15, -0.1) is 0 Å². The molecule has 1 unspecified atom stereocenters. The van der Waals surface area contributed by atoms with Gasteiger partial charge in [0.05, 0.1) is 6.61 Å². The number of allylic oxidation sites excluding steroid dienone is 2. The van der Waals surface area contributed by atoms with Gasteiger partial charge in [0.15, 0.2) is 0 Å². The normalized spacial score (nSPS) is 21.1. The Balaban J connectivity index is 1.86. The van der Waals surface area contributed by atoms with E-state index in [1.165, 1.54) is 6.42 Å². The second-order valence-corrected chi connectivity index (χ2v) is 3.82. The van der Waals surface area contributed by atoms with Crippen LogP contribution in [0.2, 0.25) is 0 Å². The minimum absolute atomic E-state index is 0.368. The molecule has 0 aliphatic heterocycles. The molecule has 0 bridgehead atoms. The van der Waals surface area contributed by atoms with Crippen LogP contribution in [0.4, 0.5) is 8.78 Å². The van der Waals surface area contributed by atoms with Crippen molar-refractivity contribution in [3.05, 3.63) is 12.2 Å². The van der Waals surface area contributed by atoms with E-state index >= 15 is 0 Å². The van der Waals surface area contributed by atoms with Crippen LogP contribution in [0.1, 0.15) is 19.3 Å². The van der Waals surface area contributed by atoms with E-state index in [9.17, 15) is 8.78 Å². The predicted molar refractivity (Wildman–Crippen MR) is 56.2 cm³/mol. The van der Waals surface area contributed by atoms with Crippen LogP contribution in [-0.2, 0) is 4.74 Å². The van der Waals surface area contributed by atoms with Gasteiger partial charge in [0.25, 0.3) is 6.43 Å². The zero-order valence-electron chi connectivity index (χ0n) is 8.92. The van der Waals surface area contributed by atoms with Crippen molar-refractivity contribution in [1.82, 2.24) is 5.32 Å². The van der Waals surface area contributed by atoms with E-state index in [0.29, 0.717) is 19.1 Å². The number of nitrogens with one attached hydrogen (secondary N) is 1. The molecule has 0 radical (unpaired) electrons. The lowest BCUT2D eigenvalue weighted by molar-refractivity contribution is 0.0186. The largest absolute Gasteiger partial charge is 0.374 e. The number of rotatable bonds is 7. The zero-order valence-corrected chi connectivity index (χ0v) is 8.92. The molecular formula is C11H19F2NO. The third-order valence-corrected chi connectivity index (χ3v) is 2.48. The fourth-order valence-corrected chi connectivity index (χ4v) is 1.66. The molecule has 1 rings (SSSR count). The first-order valence-corrected chi connectivity index (χ1v) is 5.50. The Morgan fingerprint density at radius 2 is 2.27 bits per heavy atom. The SMILES string of the molecule is FC(F)COCCNCC1CC=CCC1. The van der Waals surface area contributed by atoms with E-state index in [0.717, 1.165) is 19.4 Å². The number of ether oxygens (including phenoxy) is 1. The summed E-state index contributed by atoms with van der Waals surface area (Å²) in [5.41, 5.74) is 0. The summed E-state index contributed by atoms with van der Waals surface area (Å²) < 4.78 is 28.1. The maximum atomic E-state index is 11.7. The summed E-state index contributed by atoms with van der Waals surface area (Å²) in [6.45, 7) is 1.54. The van der Waals surface area contributed by atoms with Crippen LogP contribution in [0, 0.1) is 5.92 Å². The van der Waals surface area contributed by atoms with Gasteiger partial charge in [-0.2, -0.15) is 0 Å². The first kappa shape index (κ1) is 12.6. The van der Waals surface area contributed by atoms with E-state index in [-0.39, 0.29) is 0 Å². The molecule has 1 aliphatic carbocycles. The molecule has 0 fully saturated rings. The minimum atomic E-state index is -2.35. The zero-order chi connectivity index (χ0) is 10.9. The maximum absolute atomic E-state index is 11.7. The third-order valence-electron chi connectivity index (χ3n) is 2.48. The minimum Gasteiger partial charge on any atom is -0.374 e.